The van der Waals surface area contributed by atoms with Crippen LogP contribution in [0.1, 0.15) is 10.6 Å². The van der Waals surface area contributed by atoms with Gasteiger partial charge in [0.05, 0.1) is 6.26 Å². The maximum Gasteiger partial charge on any atom is 0.292 e. The van der Waals surface area contributed by atoms with E-state index < -0.39 is 5.91 Å². The molecule has 22 heavy (non-hydrogen) atoms. The molecule has 112 valence electrons. The van der Waals surface area contributed by atoms with Crippen molar-refractivity contribution in [1.82, 2.24) is 4.98 Å². The minimum Gasteiger partial charge on any atom is -0.480 e. The number of rotatable bonds is 4. The minimum absolute atomic E-state index is 0.0411. The number of amides is 2. The van der Waals surface area contributed by atoms with E-state index in [1.807, 2.05) is 0 Å². The van der Waals surface area contributed by atoms with Crippen molar-refractivity contribution in [3.8, 4) is 5.75 Å². The van der Waals surface area contributed by atoms with Gasteiger partial charge >= 0.3 is 0 Å². The van der Waals surface area contributed by atoms with E-state index in [0.717, 1.165) is 0 Å². The first-order valence-electron chi connectivity index (χ1n) is 6.59. The molecule has 0 spiro atoms. The molecule has 3 heterocycles. The van der Waals surface area contributed by atoms with Crippen molar-refractivity contribution in [2.24, 2.45) is 0 Å². The molecule has 2 aromatic rings. The van der Waals surface area contributed by atoms with E-state index in [2.05, 4.69) is 16.9 Å². The summed E-state index contributed by atoms with van der Waals surface area (Å²) in [5, 5.41) is 2.61. The van der Waals surface area contributed by atoms with Crippen LogP contribution >= 0.6 is 0 Å². The monoisotopic (exact) mass is 299 g/mol. The van der Waals surface area contributed by atoms with E-state index in [4.69, 9.17) is 9.15 Å². The molecule has 0 bridgehead atoms. The number of hydrogen-bond donors (Lipinski definition) is 1. The summed E-state index contributed by atoms with van der Waals surface area (Å²) in [5.41, 5.74) is 0. The van der Waals surface area contributed by atoms with Gasteiger partial charge in [-0.15, -0.1) is 6.58 Å². The van der Waals surface area contributed by atoms with E-state index in [9.17, 15) is 9.59 Å². The van der Waals surface area contributed by atoms with Gasteiger partial charge in [0.2, 0.25) is 0 Å². The van der Waals surface area contributed by atoms with Crippen LogP contribution in [0.3, 0.4) is 0 Å². The normalized spacial score (nSPS) is 13.3. The smallest absolute Gasteiger partial charge is 0.292 e. The molecular weight excluding hydrogens is 286 g/mol. The Hall–Kier alpha value is -3.09. The minimum atomic E-state index is -0.421. The summed E-state index contributed by atoms with van der Waals surface area (Å²) >= 11 is 0. The number of nitrogens with zero attached hydrogens (tertiary/aromatic N) is 2. The number of fused-ring (bicyclic) bond motifs is 1. The molecule has 2 aromatic heterocycles. The average Bonchev–Trinajstić information content (AvgIpc) is 3.05. The van der Waals surface area contributed by atoms with Gasteiger partial charge in [-0.25, -0.2) is 4.98 Å². The van der Waals surface area contributed by atoms with Crippen LogP contribution in [0, 0.1) is 0 Å². The Labute approximate surface area is 126 Å². The Morgan fingerprint density at radius 2 is 2.32 bits per heavy atom. The van der Waals surface area contributed by atoms with E-state index in [1.165, 1.54) is 11.2 Å². The molecule has 7 nitrogen and oxygen atoms in total. The topological polar surface area (TPSA) is 84.7 Å². The van der Waals surface area contributed by atoms with Gasteiger partial charge in [0, 0.05) is 6.54 Å². The predicted octanol–water partition coefficient (Wildman–Crippen LogP) is 1.84. The highest BCUT2D eigenvalue weighted by Gasteiger charge is 2.26. The number of furan rings is 1. The largest absolute Gasteiger partial charge is 0.480 e. The lowest BCUT2D eigenvalue weighted by atomic mass is 10.3. The van der Waals surface area contributed by atoms with Gasteiger partial charge in [0.1, 0.15) is 5.82 Å². The lowest BCUT2D eigenvalue weighted by Gasteiger charge is -2.27. The standard InChI is InChI=1S/C15H13N3O4/c1-2-7-18-13(19)9-22-10-5-6-12(16-14(10)18)17-15(20)11-4-3-8-21-11/h2-6,8H,1,7,9H2,(H,16,17,20). The third-order valence-electron chi connectivity index (χ3n) is 3.05. The zero-order chi connectivity index (χ0) is 15.5. The first-order valence-corrected chi connectivity index (χ1v) is 6.59. The van der Waals surface area contributed by atoms with Gasteiger partial charge in [-0.1, -0.05) is 6.08 Å². The fourth-order valence-electron chi connectivity index (χ4n) is 2.05. The maximum absolute atomic E-state index is 11.9. The number of carbonyl (C=O) groups excluding carboxylic acids is 2. The summed E-state index contributed by atoms with van der Waals surface area (Å²) in [6.45, 7) is 3.90. The zero-order valence-corrected chi connectivity index (χ0v) is 11.6. The first-order chi connectivity index (χ1) is 10.7. The van der Waals surface area contributed by atoms with Crippen molar-refractivity contribution in [3.05, 3.63) is 48.9 Å². The maximum atomic E-state index is 11.9. The third kappa shape index (κ3) is 2.56. The highest BCUT2D eigenvalue weighted by atomic mass is 16.5. The van der Waals surface area contributed by atoms with Gasteiger partial charge < -0.3 is 14.5 Å². The van der Waals surface area contributed by atoms with Gasteiger partial charge in [0.15, 0.2) is 23.9 Å². The second-order valence-electron chi connectivity index (χ2n) is 4.53. The number of anilines is 2. The number of ether oxygens (including phenoxy) is 1. The van der Waals surface area contributed by atoms with Crippen LogP contribution in [-0.2, 0) is 4.79 Å². The molecule has 0 atom stereocenters. The molecule has 2 amide bonds. The summed E-state index contributed by atoms with van der Waals surface area (Å²) in [7, 11) is 0. The zero-order valence-electron chi connectivity index (χ0n) is 11.6. The Morgan fingerprint density at radius 1 is 1.45 bits per heavy atom. The van der Waals surface area contributed by atoms with E-state index >= 15 is 0 Å². The third-order valence-corrected chi connectivity index (χ3v) is 3.05. The van der Waals surface area contributed by atoms with Crippen molar-refractivity contribution in [2.75, 3.05) is 23.4 Å². The van der Waals surface area contributed by atoms with Crippen molar-refractivity contribution in [2.45, 2.75) is 0 Å². The van der Waals surface area contributed by atoms with Gasteiger partial charge in [-0.05, 0) is 24.3 Å². The van der Waals surface area contributed by atoms with Crippen LogP contribution in [0.4, 0.5) is 11.6 Å². The van der Waals surface area contributed by atoms with Gasteiger partial charge in [-0.2, -0.15) is 0 Å². The van der Waals surface area contributed by atoms with Gasteiger partial charge in [-0.3, -0.25) is 14.5 Å². The van der Waals surface area contributed by atoms with Crippen molar-refractivity contribution < 1.29 is 18.7 Å². The molecule has 0 unspecified atom stereocenters. The van der Waals surface area contributed by atoms with E-state index in [-0.39, 0.29) is 18.3 Å². The molecule has 0 saturated heterocycles. The second kappa shape index (κ2) is 5.72. The Kier molecular flexibility index (Phi) is 3.61. The van der Waals surface area contributed by atoms with Crippen molar-refractivity contribution >= 4 is 23.5 Å². The molecule has 1 aliphatic heterocycles. The van der Waals surface area contributed by atoms with Crippen molar-refractivity contribution in [1.29, 1.82) is 0 Å². The summed E-state index contributed by atoms with van der Waals surface area (Å²) in [4.78, 5) is 29.5. The highest BCUT2D eigenvalue weighted by Crippen LogP contribution is 2.31. The molecular formula is C15H13N3O4. The number of hydrogen-bond acceptors (Lipinski definition) is 5. The van der Waals surface area contributed by atoms with E-state index in [1.54, 1.807) is 30.3 Å². The Morgan fingerprint density at radius 3 is 3.05 bits per heavy atom. The van der Waals surface area contributed by atoms with Gasteiger partial charge in [0.25, 0.3) is 11.8 Å². The Bertz CT molecular complexity index is 724. The van der Waals surface area contributed by atoms with E-state index in [0.29, 0.717) is 23.9 Å². The molecule has 0 aliphatic carbocycles. The predicted molar refractivity (Wildman–Crippen MR) is 78.9 cm³/mol. The van der Waals surface area contributed by atoms with Crippen LogP contribution in [0.25, 0.3) is 0 Å². The fraction of sp³-hybridized carbons (Fsp3) is 0.133. The molecule has 7 heteroatoms. The molecule has 3 rings (SSSR count). The summed E-state index contributed by atoms with van der Waals surface area (Å²) in [5.74, 6) is 0.679. The molecule has 1 aliphatic rings. The molecule has 1 N–H and O–H groups in total. The lowest BCUT2D eigenvalue weighted by Crippen LogP contribution is -2.39. The van der Waals surface area contributed by atoms with Crippen LogP contribution in [-0.4, -0.2) is 29.9 Å². The first kappa shape index (κ1) is 13.9. The molecule has 0 saturated carbocycles. The number of nitrogens with one attached hydrogen (secondary N) is 1. The number of carbonyl (C=O) groups is 2. The SMILES string of the molecule is C=CCN1C(=O)COc2ccc(NC(=O)c3ccco3)nc21. The molecule has 0 aromatic carbocycles. The number of aromatic nitrogens is 1. The fourth-order valence-corrected chi connectivity index (χ4v) is 2.05. The average molecular weight is 299 g/mol. The van der Waals surface area contributed by atoms with Crippen LogP contribution in [0.2, 0.25) is 0 Å². The van der Waals surface area contributed by atoms with Crippen LogP contribution < -0.4 is 15.0 Å². The highest BCUT2D eigenvalue weighted by molar-refractivity contribution is 6.02. The second-order valence-corrected chi connectivity index (χ2v) is 4.53. The van der Waals surface area contributed by atoms with Crippen LogP contribution in [0.15, 0.2) is 47.6 Å². The summed E-state index contributed by atoms with van der Waals surface area (Å²) in [6.07, 6.45) is 3.01. The quantitative estimate of drug-likeness (QED) is 0.871. The number of pyridine rings is 1. The Balaban J connectivity index is 1.87. The summed E-state index contributed by atoms with van der Waals surface area (Å²) < 4.78 is 10.3. The lowest BCUT2D eigenvalue weighted by molar-refractivity contribution is -0.121. The molecule has 0 radical (unpaired) electrons. The van der Waals surface area contributed by atoms with Crippen molar-refractivity contribution in [3.63, 3.8) is 0 Å². The molecule has 0 fully saturated rings. The van der Waals surface area contributed by atoms with Crippen LogP contribution in [0.5, 0.6) is 5.75 Å². The summed E-state index contributed by atoms with van der Waals surface area (Å²) in [6, 6.07) is 6.42.